The molecule has 0 saturated heterocycles. The van der Waals surface area contributed by atoms with Gasteiger partial charge in [-0.15, -0.1) is 0 Å². The minimum Gasteiger partial charge on any atom is -0.497 e. The maximum atomic E-state index is 12.0. The molecule has 0 aliphatic rings. The van der Waals surface area contributed by atoms with Crippen LogP contribution in [0.3, 0.4) is 0 Å². The number of carbonyl (C=O) groups is 1. The van der Waals surface area contributed by atoms with Gasteiger partial charge in [0, 0.05) is 22.5 Å². The smallest absolute Gasteiger partial charge is 0.226 e. The van der Waals surface area contributed by atoms with Crippen molar-refractivity contribution in [2.45, 2.75) is 13.0 Å². The number of carbonyl (C=O) groups excluding carboxylic acids is 1. The highest BCUT2D eigenvalue weighted by molar-refractivity contribution is 6.30. The molecule has 1 N–H and O–H groups in total. The van der Waals surface area contributed by atoms with Gasteiger partial charge in [-0.05, 0) is 42.5 Å². The van der Waals surface area contributed by atoms with Crippen molar-refractivity contribution >= 4 is 34.1 Å². The third kappa shape index (κ3) is 3.63. The van der Waals surface area contributed by atoms with E-state index >= 15 is 0 Å². The van der Waals surface area contributed by atoms with Crippen molar-refractivity contribution in [3.63, 3.8) is 0 Å². The highest BCUT2D eigenvalue weighted by Crippen LogP contribution is 2.20. The number of halogens is 1. The van der Waals surface area contributed by atoms with Gasteiger partial charge in [0.25, 0.3) is 0 Å². The molecule has 0 atom stereocenters. The van der Waals surface area contributed by atoms with Crippen molar-refractivity contribution in [3.05, 3.63) is 53.7 Å². The molecule has 3 rings (SSSR count). The highest BCUT2D eigenvalue weighted by atomic mass is 35.5. The van der Waals surface area contributed by atoms with Crippen LogP contribution in [0.5, 0.6) is 5.75 Å². The maximum Gasteiger partial charge on any atom is 0.226 e. The molecule has 6 heteroatoms. The van der Waals surface area contributed by atoms with Crippen LogP contribution in [-0.4, -0.2) is 22.8 Å². The predicted molar refractivity (Wildman–Crippen MR) is 91.0 cm³/mol. The molecule has 23 heavy (non-hydrogen) atoms. The lowest BCUT2D eigenvalue weighted by molar-refractivity contribution is -0.116. The van der Waals surface area contributed by atoms with Gasteiger partial charge in [0.2, 0.25) is 5.91 Å². The minimum atomic E-state index is -0.0653. The summed E-state index contributed by atoms with van der Waals surface area (Å²) in [5.74, 6) is 0.724. The molecular weight excluding hydrogens is 314 g/mol. The molecule has 3 aromatic rings. The van der Waals surface area contributed by atoms with Crippen LogP contribution in [-0.2, 0) is 11.3 Å². The highest BCUT2D eigenvalue weighted by Gasteiger charge is 2.07. The van der Waals surface area contributed by atoms with Crippen LogP contribution in [0.15, 0.2) is 48.7 Å². The number of benzene rings is 2. The standard InChI is InChI=1S/C17H16ClN3O2/c1-23-15-6-7-16-12(10-15)11-19-21(16)9-8-17(22)20-14-4-2-13(18)3-5-14/h2-7,10-11H,8-9H2,1H3,(H,20,22). The van der Waals surface area contributed by atoms with Crippen molar-refractivity contribution in [1.29, 1.82) is 0 Å². The lowest BCUT2D eigenvalue weighted by Crippen LogP contribution is -2.14. The zero-order valence-electron chi connectivity index (χ0n) is 12.6. The summed E-state index contributed by atoms with van der Waals surface area (Å²) in [6.07, 6.45) is 2.11. The summed E-state index contributed by atoms with van der Waals surface area (Å²) in [5, 5.41) is 8.79. The van der Waals surface area contributed by atoms with Crippen LogP contribution in [0, 0.1) is 0 Å². The SMILES string of the molecule is COc1ccc2c(cnn2CCC(=O)Nc2ccc(Cl)cc2)c1. The van der Waals surface area contributed by atoms with Gasteiger partial charge in [-0.2, -0.15) is 5.10 Å². The predicted octanol–water partition coefficient (Wildman–Crippen LogP) is 3.73. The van der Waals surface area contributed by atoms with E-state index in [-0.39, 0.29) is 5.91 Å². The number of aryl methyl sites for hydroxylation is 1. The second-order valence-corrected chi connectivity index (χ2v) is 5.53. The number of nitrogens with one attached hydrogen (secondary N) is 1. The van der Waals surface area contributed by atoms with Crippen molar-refractivity contribution in [2.75, 3.05) is 12.4 Å². The molecule has 0 bridgehead atoms. The molecule has 0 radical (unpaired) electrons. The second kappa shape index (κ2) is 6.71. The van der Waals surface area contributed by atoms with E-state index in [9.17, 15) is 4.79 Å². The average molecular weight is 330 g/mol. The molecule has 1 heterocycles. The first kappa shape index (κ1) is 15.4. The Bertz CT molecular complexity index is 827. The molecule has 0 spiro atoms. The van der Waals surface area contributed by atoms with Gasteiger partial charge in [-0.3, -0.25) is 9.48 Å². The third-order valence-electron chi connectivity index (χ3n) is 3.53. The lowest BCUT2D eigenvalue weighted by Gasteiger charge is -2.07. The number of anilines is 1. The van der Waals surface area contributed by atoms with Crippen LogP contribution < -0.4 is 10.1 Å². The summed E-state index contributed by atoms with van der Waals surface area (Å²) in [6.45, 7) is 0.509. The number of rotatable bonds is 5. The van der Waals surface area contributed by atoms with Crippen LogP contribution >= 0.6 is 11.6 Å². The fourth-order valence-corrected chi connectivity index (χ4v) is 2.46. The molecule has 5 nitrogen and oxygen atoms in total. The van der Waals surface area contributed by atoms with E-state index < -0.39 is 0 Å². The normalized spacial score (nSPS) is 10.7. The van der Waals surface area contributed by atoms with Crippen molar-refractivity contribution in [1.82, 2.24) is 9.78 Å². The number of hydrogen-bond donors (Lipinski definition) is 1. The summed E-state index contributed by atoms with van der Waals surface area (Å²) >= 11 is 5.82. The first-order valence-electron chi connectivity index (χ1n) is 7.21. The molecule has 0 saturated carbocycles. The van der Waals surface area contributed by atoms with E-state index in [1.54, 1.807) is 37.6 Å². The number of nitrogens with zero attached hydrogens (tertiary/aromatic N) is 2. The Labute approximate surface area is 138 Å². The Morgan fingerprint density at radius 2 is 2.04 bits per heavy atom. The van der Waals surface area contributed by atoms with Gasteiger partial charge < -0.3 is 10.1 Å². The van der Waals surface area contributed by atoms with Crippen LogP contribution in [0.4, 0.5) is 5.69 Å². The van der Waals surface area contributed by atoms with E-state index in [2.05, 4.69) is 10.4 Å². The number of ether oxygens (including phenoxy) is 1. The molecule has 0 fully saturated rings. The van der Waals surface area contributed by atoms with Crippen molar-refractivity contribution in [2.24, 2.45) is 0 Å². The first-order valence-corrected chi connectivity index (χ1v) is 7.58. The van der Waals surface area contributed by atoms with Gasteiger partial charge in [-0.25, -0.2) is 0 Å². The molecule has 1 aromatic heterocycles. The Kier molecular flexibility index (Phi) is 4.48. The Morgan fingerprint density at radius 3 is 2.78 bits per heavy atom. The summed E-state index contributed by atoms with van der Waals surface area (Å²) in [5.41, 5.74) is 1.71. The minimum absolute atomic E-state index is 0.0653. The van der Waals surface area contributed by atoms with E-state index in [0.717, 1.165) is 22.3 Å². The lowest BCUT2D eigenvalue weighted by atomic mass is 10.2. The Morgan fingerprint density at radius 1 is 1.26 bits per heavy atom. The molecule has 0 unspecified atom stereocenters. The largest absolute Gasteiger partial charge is 0.497 e. The molecule has 2 aromatic carbocycles. The maximum absolute atomic E-state index is 12.0. The van der Waals surface area contributed by atoms with Crippen LogP contribution in [0.25, 0.3) is 10.9 Å². The van der Waals surface area contributed by atoms with E-state index in [4.69, 9.17) is 16.3 Å². The second-order valence-electron chi connectivity index (χ2n) is 5.10. The zero-order valence-corrected chi connectivity index (χ0v) is 13.4. The first-order chi connectivity index (χ1) is 11.2. The topological polar surface area (TPSA) is 56.2 Å². The Hall–Kier alpha value is -2.53. The van der Waals surface area contributed by atoms with E-state index in [1.165, 1.54) is 0 Å². The summed E-state index contributed by atoms with van der Waals surface area (Å²) in [7, 11) is 1.63. The van der Waals surface area contributed by atoms with Gasteiger partial charge in [0.05, 0.1) is 25.4 Å². The molecular formula is C17H16ClN3O2. The van der Waals surface area contributed by atoms with Gasteiger partial charge in [-0.1, -0.05) is 11.6 Å². The van der Waals surface area contributed by atoms with Crippen molar-refractivity contribution in [3.8, 4) is 5.75 Å². The summed E-state index contributed by atoms with van der Waals surface area (Å²) < 4.78 is 7.01. The third-order valence-corrected chi connectivity index (χ3v) is 3.78. The summed E-state index contributed by atoms with van der Waals surface area (Å²) in [4.78, 5) is 12.0. The zero-order chi connectivity index (χ0) is 16.2. The quantitative estimate of drug-likeness (QED) is 0.776. The Balaban J connectivity index is 1.63. The molecule has 0 aliphatic heterocycles. The molecule has 0 aliphatic carbocycles. The number of hydrogen-bond acceptors (Lipinski definition) is 3. The number of fused-ring (bicyclic) bond motifs is 1. The fraction of sp³-hybridized carbons (Fsp3) is 0.176. The van der Waals surface area contributed by atoms with E-state index in [1.807, 2.05) is 22.9 Å². The molecule has 1 amide bonds. The van der Waals surface area contributed by atoms with Crippen molar-refractivity contribution < 1.29 is 9.53 Å². The molecule has 118 valence electrons. The van der Waals surface area contributed by atoms with E-state index in [0.29, 0.717) is 18.0 Å². The summed E-state index contributed by atoms with van der Waals surface area (Å²) in [6, 6.07) is 12.8. The average Bonchev–Trinajstić information content (AvgIpc) is 2.97. The van der Waals surface area contributed by atoms with Crippen LogP contribution in [0.2, 0.25) is 5.02 Å². The van der Waals surface area contributed by atoms with Crippen LogP contribution in [0.1, 0.15) is 6.42 Å². The monoisotopic (exact) mass is 329 g/mol. The fourth-order valence-electron chi connectivity index (χ4n) is 2.33. The number of aromatic nitrogens is 2. The van der Waals surface area contributed by atoms with Gasteiger partial charge in [0.15, 0.2) is 0 Å². The number of amides is 1. The number of methoxy groups -OCH3 is 1. The van der Waals surface area contributed by atoms with Gasteiger partial charge in [0.1, 0.15) is 5.75 Å². The van der Waals surface area contributed by atoms with Gasteiger partial charge >= 0.3 is 0 Å².